The fourth-order valence-electron chi connectivity index (χ4n) is 3.24. The highest BCUT2D eigenvalue weighted by atomic mass is 16.5. The van der Waals surface area contributed by atoms with Gasteiger partial charge in [0, 0.05) is 25.8 Å². The molecule has 0 saturated heterocycles. The van der Waals surface area contributed by atoms with Gasteiger partial charge in [-0.1, -0.05) is 48.5 Å². The Morgan fingerprint density at radius 3 is 2.55 bits per heavy atom. The lowest BCUT2D eigenvalue weighted by molar-refractivity contribution is -0.135. The zero-order chi connectivity index (χ0) is 20.6. The van der Waals surface area contributed by atoms with E-state index in [9.17, 15) is 9.59 Å². The van der Waals surface area contributed by atoms with Gasteiger partial charge in [-0.25, -0.2) is 5.01 Å². The minimum Gasteiger partial charge on any atom is -0.497 e. The number of hydrazone groups is 1. The zero-order valence-corrected chi connectivity index (χ0v) is 16.5. The quantitative estimate of drug-likeness (QED) is 0.701. The first-order valence-electron chi connectivity index (χ1n) is 9.59. The normalized spacial score (nSPS) is 15.6. The molecule has 0 spiro atoms. The molecule has 0 bridgehead atoms. The summed E-state index contributed by atoms with van der Waals surface area (Å²) in [6.45, 7) is 3.96. The largest absolute Gasteiger partial charge is 0.497 e. The van der Waals surface area contributed by atoms with Crippen LogP contribution in [0.15, 0.2) is 72.4 Å². The average molecular weight is 391 g/mol. The maximum absolute atomic E-state index is 12.9. The third kappa shape index (κ3) is 5.10. The molecule has 3 rings (SSSR count). The van der Waals surface area contributed by atoms with Crippen LogP contribution in [0.4, 0.5) is 0 Å². The van der Waals surface area contributed by atoms with E-state index in [0.717, 1.165) is 22.6 Å². The molecule has 150 valence electrons. The molecule has 0 aromatic heterocycles. The Morgan fingerprint density at radius 2 is 1.90 bits per heavy atom. The molecule has 2 amide bonds. The van der Waals surface area contributed by atoms with Gasteiger partial charge < -0.3 is 10.1 Å². The Hall–Kier alpha value is -3.41. The number of methoxy groups -OCH3 is 1. The van der Waals surface area contributed by atoms with Crippen LogP contribution in [-0.4, -0.2) is 36.2 Å². The monoisotopic (exact) mass is 391 g/mol. The van der Waals surface area contributed by atoms with Gasteiger partial charge in [-0.15, -0.1) is 6.58 Å². The smallest absolute Gasteiger partial charge is 0.243 e. The van der Waals surface area contributed by atoms with Crippen LogP contribution >= 0.6 is 0 Å². The van der Waals surface area contributed by atoms with E-state index >= 15 is 0 Å². The van der Waals surface area contributed by atoms with Crippen LogP contribution in [0.3, 0.4) is 0 Å². The molecule has 6 nitrogen and oxygen atoms in total. The zero-order valence-electron chi connectivity index (χ0n) is 16.5. The number of nitrogens with zero attached hydrogens (tertiary/aromatic N) is 2. The van der Waals surface area contributed by atoms with E-state index in [0.29, 0.717) is 13.0 Å². The van der Waals surface area contributed by atoms with Crippen molar-refractivity contribution in [3.05, 3.63) is 78.4 Å². The lowest BCUT2D eigenvalue weighted by Crippen LogP contribution is -2.29. The first kappa shape index (κ1) is 20.3. The van der Waals surface area contributed by atoms with Gasteiger partial charge in [0.05, 0.1) is 18.9 Å². The number of ether oxygens (including phenoxy) is 1. The Bertz CT molecular complexity index is 891. The summed E-state index contributed by atoms with van der Waals surface area (Å²) in [5.74, 6) is 0.406. The lowest BCUT2D eigenvalue weighted by atomic mass is 9.98. The van der Waals surface area contributed by atoms with Crippen LogP contribution in [0.1, 0.15) is 36.4 Å². The maximum Gasteiger partial charge on any atom is 0.243 e. The van der Waals surface area contributed by atoms with E-state index in [2.05, 4.69) is 17.0 Å². The van der Waals surface area contributed by atoms with Crippen molar-refractivity contribution < 1.29 is 14.3 Å². The maximum atomic E-state index is 12.9. The second kappa shape index (κ2) is 9.68. The Morgan fingerprint density at radius 1 is 1.17 bits per heavy atom. The van der Waals surface area contributed by atoms with Crippen molar-refractivity contribution in [2.75, 3.05) is 13.7 Å². The number of nitrogens with one attached hydrogen (secondary N) is 1. The van der Waals surface area contributed by atoms with E-state index in [-0.39, 0.29) is 30.7 Å². The topological polar surface area (TPSA) is 71.0 Å². The van der Waals surface area contributed by atoms with Crippen molar-refractivity contribution in [3.8, 4) is 5.75 Å². The van der Waals surface area contributed by atoms with Gasteiger partial charge in [-0.2, -0.15) is 5.10 Å². The third-order valence-electron chi connectivity index (χ3n) is 4.78. The fourth-order valence-corrected chi connectivity index (χ4v) is 3.24. The van der Waals surface area contributed by atoms with Crippen molar-refractivity contribution >= 4 is 17.5 Å². The molecular formula is C23H25N3O3. The van der Waals surface area contributed by atoms with Crippen LogP contribution < -0.4 is 10.1 Å². The SMILES string of the molecule is C=CCNC(=O)CCC(=O)N1N=C(c2ccccc2)C[C@@H]1c1ccc(OC)cc1. The van der Waals surface area contributed by atoms with Crippen LogP contribution in [0.5, 0.6) is 5.75 Å². The number of carbonyl (C=O) groups excluding carboxylic acids is 2. The summed E-state index contributed by atoms with van der Waals surface area (Å²) in [5, 5.41) is 8.83. The van der Waals surface area contributed by atoms with Gasteiger partial charge >= 0.3 is 0 Å². The lowest BCUT2D eigenvalue weighted by Gasteiger charge is -2.22. The van der Waals surface area contributed by atoms with Crippen molar-refractivity contribution in [2.24, 2.45) is 5.10 Å². The summed E-state index contributed by atoms with van der Waals surface area (Å²) in [6.07, 6.45) is 2.44. The van der Waals surface area contributed by atoms with Crippen molar-refractivity contribution in [2.45, 2.75) is 25.3 Å². The van der Waals surface area contributed by atoms with E-state index in [4.69, 9.17) is 4.74 Å². The molecule has 29 heavy (non-hydrogen) atoms. The molecule has 1 heterocycles. The summed E-state index contributed by atoms with van der Waals surface area (Å²) in [7, 11) is 1.62. The summed E-state index contributed by atoms with van der Waals surface area (Å²) >= 11 is 0. The number of hydrogen-bond donors (Lipinski definition) is 1. The molecule has 0 aliphatic carbocycles. The Kier molecular flexibility index (Phi) is 6.79. The Labute approximate surface area is 170 Å². The highest BCUT2D eigenvalue weighted by Gasteiger charge is 2.33. The van der Waals surface area contributed by atoms with Crippen LogP contribution in [-0.2, 0) is 9.59 Å². The predicted octanol–water partition coefficient (Wildman–Crippen LogP) is 3.46. The average Bonchev–Trinajstić information content (AvgIpc) is 3.22. The summed E-state index contributed by atoms with van der Waals surface area (Å²) in [5.41, 5.74) is 2.82. The Balaban J connectivity index is 1.79. The van der Waals surface area contributed by atoms with Crippen LogP contribution in [0.2, 0.25) is 0 Å². The highest BCUT2D eigenvalue weighted by molar-refractivity contribution is 6.03. The number of hydrogen-bond acceptors (Lipinski definition) is 4. The van der Waals surface area contributed by atoms with Crippen LogP contribution in [0, 0.1) is 0 Å². The minimum atomic E-state index is -0.208. The molecule has 6 heteroatoms. The number of carbonyl (C=O) groups is 2. The third-order valence-corrected chi connectivity index (χ3v) is 4.78. The van der Waals surface area contributed by atoms with Gasteiger partial charge in [0.25, 0.3) is 0 Å². The molecule has 1 N–H and O–H groups in total. The second-order valence-corrected chi connectivity index (χ2v) is 6.74. The molecule has 0 unspecified atom stereocenters. The molecule has 0 saturated carbocycles. The fraction of sp³-hybridized carbons (Fsp3) is 0.261. The van der Waals surface area contributed by atoms with Crippen LogP contribution in [0.25, 0.3) is 0 Å². The van der Waals surface area contributed by atoms with Crippen molar-refractivity contribution in [3.63, 3.8) is 0 Å². The van der Waals surface area contributed by atoms with E-state index < -0.39 is 0 Å². The first-order chi connectivity index (χ1) is 14.1. The molecule has 1 aliphatic rings. The van der Waals surface area contributed by atoms with Crippen molar-refractivity contribution in [1.82, 2.24) is 10.3 Å². The van der Waals surface area contributed by atoms with Gasteiger partial charge in [0.15, 0.2) is 0 Å². The summed E-state index contributed by atoms with van der Waals surface area (Å²) in [4.78, 5) is 24.8. The van der Waals surface area contributed by atoms with E-state index in [1.54, 1.807) is 13.2 Å². The van der Waals surface area contributed by atoms with Crippen molar-refractivity contribution in [1.29, 1.82) is 0 Å². The van der Waals surface area contributed by atoms with Gasteiger partial charge in [-0.05, 0) is 23.3 Å². The molecule has 0 radical (unpaired) electrons. The first-order valence-corrected chi connectivity index (χ1v) is 9.59. The van der Waals surface area contributed by atoms with E-state index in [1.807, 2.05) is 54.6 Å². The molecule has 0 fully saturated rings. The molecule has 1 atom stereocenters. The summed E-state index contributed by atoms with van der Waals surface area (Å²) < 4.78 is 5.23. The number of amides is 2. The summed E-state index contributed by atoms with van der Waals surface area (Å²) in [6, 6.07) is 17.3. The molecule has 1 aliphatic heterocycles. The number of benzene rings is 2. The predicted molar refractivity (Wildman–Crippen MR) is 113 cm³/mol. The van der Waals surface area contributed by atoms with E-state index in [1.165, 1.54) is 5.01 Å². The van der Waals surface area contributed by atoms with Gasteiger partial charge in [0.2, 0.25) is 11.8 Å². The molecule has 2 aromatic rings. The standard InChI is InChI=1S/C23H25N3O3/c1-3-15-24-22(27)13-14-23(28)26-21(18-9-11-19(29-2)12-10-18)16-20(25-26)17-7-5-4-6-8-17/h3-12,21H,1,13-16H2,2H3,(H,24,27)/t21-/m1/s1. The highest BCUT2D eigenvalue weighted by Crippen LogP contribution is 2.34. The van der Waals surface area contributed by atoms with Gasteiger partial charge in [0.1, 0.15) is 5.75 Å². The number of rotatable bonds is 8. The molecule has 2 aromatic carbocycles. The second-order valence-electron chi connectivity index (χ2n) is 6.74. The van der Waals surface area contributed by atoms with Gasteiger partial charge in [-0.3, -0.25) is 9.59 Å². The minimum absolute atomic E-state index is 0.0984. The molecular weight excluding hydrogens is 366 g/mol.